The quantitative estimate of drug-likeness (QED) is 0.686. The highest BCUT2D eigenvalue weighted by atomic mass is 16.6. The first-order valence-corrected chi connectivity index (χ1v) is 4.39. The van der Waals surface area contributed by atoms with Gasteiger partial charge in [0.1, 0.15) is 12.0 Å². The molecule has 0 atom stereocenters. The lowest BCUT2D eigenvalue weighted by Crippen LogP contribution is -1.94. The Bertz CT molecular complexity index is 432. The average molecular weight is 203 g/mol. The molecule has 0 bridgehead atoms. The predicted molar refractivity (Wildman–Crippen MR) is 55.6 cm³/mol. The number of benzene rings is 1. The van der Waals surface area contributed by atoms with Gasteiger partial charge in [-0.05, 0) is 17.7 Å². The number of carbonyl (C=O) groups excluding carboxylic acids is 1. The maximum absolute atomic E-state index is 10.7. The zero-order valence-corrected chi connectivity index (χ0v) is 8.14. The number of hydrogen-bond acceptors (Lipinski definition) is 4. The molecule has 15 heavy (non-hydrogen) atoms. The van der Waals surface area contributed by atoms with Gasteiger partial charge in [0, 0.05) is 6.08 Å². The fourth-order valence-corrected chi connectivity index (χ4v) is 1.18. The minimum absolute atomic E-state index is 0.310. The second-order valence-electron chi connectivity index (χ2n) is 2.94. The van der Waals surface area contributed by atoms with Crippen LogP contribution in [0.3, 0.4) is 0 Å². The van der Waals surface area contributed by atoms with Crippen molar-refractivity contribution >= 4 is 18.3 Å². The Balaban J connectivity index is 2.17. The van der Waals surface area contributed by atoms with E-state index in [0.29, 0.717) is 5.88 Å². The third-order valence-corrected chi connectivity index (χ3v) is 1.91. The first kappa shape index (κ1) is 9.45. The molecule has 1 aliphatic heterocycles. The zero-order valence-electron chi connectivity index (χ0n) is 8.14. The third kappa shape index (κ3) is 2.22. The van der Waals surface area contributed by atoms with Crippen molar-refractivity contribution in [1.29, 1.82) is 0 Å². The van der Waals surface area contributed by atoms with Gasteiger partial charge in [0.15, 0.2) is 0 Å². The fraction of sp³-hybridized carbons (Fsp3) is 0.0909. The van der Waals surface area contributed by atoms with Crippen LogP contribution in [0.1, 0.15) is 5.56 Å². The van der Waals surface area contributed by atoms with Crippen LogP contribution in [-0.4, -0.2) is 19.3 Å². The summed E-state index contributed by atoms with van der Waals surface area (Å²) in [5, 5.41) is 0. The molecule has 76 valence electrons. The van der Waals surface area contributed by atoms with Crippen molar-refractivity contribution in [3.63, 3.8) is 0 Å². The van der Waals surface area contributed by atoms with Gasteiger partial charge in [-0.2, -0.15) is 0 Å². The monoisotopic (exact) mass is 203 g/mol. The minimum atomic E-state index is -0.435. The van der Waals surface area contributed by atoms with E-state index in [2.05, 4.69) is 4.99 Å². The molecule has 0 aromatic heterocycles. The summed E-state index contributed by atoms with van der Waals surface area (Å²) in [5.74, 6) is 0.656. The van der Waals surface area contributed by atoms with E-state index in [-0.39, 0.29) is 0 Å². The summed E-state index contributed by atoms with van der Waals surface area (Å²) in [6, 6.07) is 7.36. The molecule has 1 aliphatic rings. The Kier molecular flexibility index (Phi) is 2.49. The van der Waals surface area contributed by atoms with Crippen molar-refractivity contribution in [1.82, 2.24) is 0 Å². The van der Waals surface area contributed by atoms with Gasteiger partial charge in [-0.15, -0.1) is 0 Å². The van der Waals surface area contributed by atoms with Gasteiger partial charge in [-0.3, -0.25) is 0 Å². The van der Waals surface area contributed by atoms with Gasteiger partial charge in [0.25, 0.3) is 0 Å². The first-order chi connectivity index (χ1) is 7.28. The molecule has 4 nitrogen and oxygen atoms in total. The molecule has 0 N–H and O–H groups in total. The van der Waals surface area contributed by atoms with Crippen LogP contribution in [0.5, 0.6) is 5.75 Å². The van der Waals surface area contributed by atoms with Gasteiger partial charge in [-0.1, -0.05) is 12.1 Å². The number of nitrogens with zero attached hydrogens (tertiary/aromatic N) is 1. The predicted octanol–water partition coefficient (Wildman–Crippen LogP) is 1.62. The van der Waals surface area contributed by atoms with E-state index < -0.39 is 5.97 Å². The Morgan fingerprint density at radius 1 is 1.33 bits per heavy atom. The van der Waals surface area contributed by atoms with Crippen LogP contribution >= 0.6 is 0 Å². The molecular formula is C11H9NO3. The second kappa shape index (κ2) is 3.96. The van der Waals surface area contributed by atoms with Crippen LogP contribution in [0.4, 0.5) is 0 Å². The number of aliphatic imine (C=N–C) groups is 1. The Labute approximate surface area is 86.8 Å². The van der Waals surface area contributed by atoms with Crippen molar-refractivity contribution in [3.05, 3.63) is 35.7 Å². The number of methoxy groups -OCH3 is 1. The van der Waals surface area contributed by atoms with Crippen LogP contribution in [0.15, 0.2) is 35.1 Å². The van der Waals surface area contributed by atoms with Crippen molar-refractivity contribution in [2.75, 3.05) is 7.11 Å². The Hall–Kier alpha value is -2.10. The fourth-order valence-electron chi connectivity index (χ4n) is 1.18. The number of esters is 1. The van der Waals surface area contributed by atoms with Crippen LogP contribution in [0, 0.1) is 0 Å². The van der Waals surface area contributed by atoms with Crippen molar-refractivity contribution in [3.8, 4) is 5.75 Å². The highest BCUT2D eigenvalue weighted by Gasteiger charge is 2.10. The molecule has 0 unspecified atom stereocenters. The molecule has 1 heterocycles. The lowest BCUT2D eigenvalue weighted by molar-refractivity contribution is -0.129. The van der Waals surface area contributed by atoms with Gasteiger partial charge in [0.2, 0.25) is 5.88 Å². The van der Waals surface area contributed by atoms with E-state index in [4.69, 9.17) is 9.47 Å². The molecule has 0 amide bonds. The zero-order chi connectivity index (χ0) is 10.7. The number of carbonyl (C=O) groups is 1. The van der Waals surface area contributed by atoms with Gasteiger partial charge in [-0.25, -0.2) is 9.79 Å². The summed E-state index contributed by atoms with van der Waals surface area (Å²) in [4.78, 5) is 14.5. The molecule has 0 saturated carbocycles. The summed E-state index contributed by atoms with van der Waals surface area (Å²) in [6.45, 7) is 0. The molecule has 0 saturated heterocycles. The van der Waals surface area contributed by atoms with E-state index in [1.54, 1.807) is 13.2 Å². The Morgan fingerprint density at radius 2 is 2.07 bits per heavy atom. The number of cyclic esters (lactones) is 1. The lowest BCUT2D eigenvalue weighted by Gasteiger charge is -1.99. The van der Waals surface area contributed by atoms with Gasteiger partial charge >= 0.3 is 5.97 Å². The molecule has 0 radical (unpaired) electrons. The van der Waals surface area contributed by atoms with E-state index in [9.17, 15) is 4.79 Å². The first-order valence-electron chi connectivity index (χ1n) is 4.39. The summed E-state index contributed by atoms with van der Waals surface area (Å²) in [5.41, 5.74) is 0.901. The van der Waals surface area contributed by atoms with Crippen LogP contribution < -0.4 is 4.74 Å². The topological polar surface area (TPSA) is 47.9 Å². The van der Waals surface area contributed by atoms with E-state index >= 15 is 0 Å². The molecule has 0 spiro atoms. The summed E-state index contributed by atoms with van der Waals surface area (Å²) >= 11 is 0. The lowest BCUT2D eigenvalue weighted by atomic mass is 10.2. The molecule has 0 aliphatic carbocycles. The highest BCUT2D eigenvalue weighted by molar-refractivity contribution is 6.25. The number of ether oxygens (including phenoxy) is 2. The summed E-state index contributed by atoms with van der Waals surface area (Å²) in [6.07, 6.45) is 2.83. The molecule has 4 heteroatoms. The minimum Gasteiger partial charge on any atom is -0.497 e. The van der Waals surface area contributed by atoms with Crippen molar-refractivity contribution < 1.29 is 14.3 Å². The molecule has 0 fully saturated rings. The second-order valence-corrected chi connectivity index (χ2v) is 2.94. The average Bonchev–Trinajstić information content (AvgIpc) is 2.65. The Morgan fingerprint density at radius 3 is 2.60 bits per heavy atom. The third-order valence-electron chi connectivity index (χ3n) is 1.91. The molecule has 2 rings (SSSR count). The van der Waals surface area contributed by atoms with Crippen molar-refractivity contribution in [2.45, 2.75) is 0 Å². The number of rotatable bonds is 2. The summed E-state index contributed by atoms with van der Waals surface area (Å²) in [7, 11) is 1.61. The highest BCUT2D eigenvalue weighted by Crippen LogP contribution is 2.16. The van der Waals surface area contributed by atoms with Gasteiger partial charge in [0.05, 0.1) is 7.11 Å². The standard InChI is InChI=1S/C11H9NO3/c1-14-9-4-2-8(3-5-9)6-10-12-7-11(13)15-10/h2-7H,1H3/b10-6-. The SMILES string of the molecule is COc1ccc(/C=C2/N=CC(=O)O2)cc1. The van der Waals surface area contributed by atoms with Crippen LogP contribution in [0.25, 0.3) is 6.08 Å². The van der Waals surface area contributed by atoms with E-state index in [1.807, 2.05) is 24.3 Å². The summed E-state index contributed by atoms with van der Waals surface area (Å²) < 4.78 is 9.81. The molecule has 1 aromatic rings. The maximum atomic E-state index is 10.7. The van der Waals surface area contributed by atoms with E-state index in [1.165, 1.54) is 0 Å². The smallest absolute Gasteiger partial charge is 0.356 e. The van der Waals surface area contributed by atoms with Gasteiger partial charge < -0.3 is 9.47 Å². The number of hydrogen-bond donors (Lipinski definition) is 0. The normalized spacial score (nSPS) is 16.9. The van der Waals surface area contributed by atoms with E-state index in [0.717, 1.165) is 17.5 Å². The maximum Gasteiger partial charge on any atom is 0.356 e. The molecular weight excluding hydrogens is 194 g/mol. The van der Waals surface area contributed by atoms with Crippen LogP contribution in [0.2, 0.25) is 0 Å². The van der Waals surface area contributed by atoms with Crippen LogP contribution in [-0.2, 0) is 9.53 Å². The molecule has 1 aromatic carbocycles. The van der Waals surface area contributed by atoms with Crippen molar-refractivity contribution in [2.24, 2.45) is 4.99 Å². The largest absolute Gasteiger partial charge is 0.497 e.